The standard InChI is InChI=1S/C7H4BrN3O/c8-6-2-1-5(3-9-6)7-11-10-4-12-7/h1-4H. The molecule has 0 bridgehead atoms. The molecule has 4 nitrogen and oxygen atoms in total. The second kappa shape index (κ2) is 3.02. The molecular weight excluding hydrogens is 222 g/mol. The Labute approximate surface area is 76.8 Å². The molecule has 2 rings (SSSR count). The normalized spacial score (nSPS) is 10.1. The summed E-state index contributed by atoms with van der Waals surface area (Å²) in [5.41, 5.74) is 0.815. The van der Waals surface area contributed by atoms with E-state index in [0.717, 1.165) is 10.2 Å². The summed E-state index contributed by atoms with van der Waals surface area (Å²) in [6.45, 7) is 0. The van der Waals surface area contributed by atoms with Crippen molar-refractivity contribution >= 4 is 15.9 Å². The van der Waals surface area contributed by atoms with Gasteiger partial charge in [-0.2, -0.15) is 0 Å². The molecule has 0 saturated heterocycles. The molecule has 0 aliphatic heterocycles. The Balaban J connectivity index is 2.43. The van der Waals surface area contributed by atoms with Crippen molar-refractivity contribution < 1.29 is 4.42 Å². The minimum absolute atomic E-state index is 0.481. The summed E-state index contributed by atoms with van der Waals surface area (Å²) >= 11 is 3.23. The third kappa shape index (κ3) is 1.35. The van der Waals surface area contributed by atoms with E-state index in [4.69, 9.17) is 4.42 Å². The van der Waals surface area contributed by atoms with Crippen molar-refractivity contribution in [1.29, 1.82) is 0 Å². The van der Waals surface area contributed by atoms with Crippen LogP contribution in [0.1, 0.15) is 0 Å². The van der Waals surface area contributed by atoms with Crippen LogP contribution in [0, 0.1) is 0 Å². The fraction of sp³-hybridized carbons (Fsp3) is 0. The predicted octanol–water partition coefficient (Wildman–Crippen LogP) is 1.89. The Bertz CT molecular complexity index is 357. The van der Waals surface area contributed by atoms with Crippen LogP contribution in [0.5, 0.6) is 0 Å². The molecule has 2 aromatic rings. The predicted molar refractivity (Wildman–Crippen MR) is 45.2 cm³/mol. The molecule has 0 aliphatic carbocycles. The van der Waals surface area contributed by atoms with Gasteiger partial charge in [0.25, 0.3) is 0 Å². The molecule has 5 heteroatoms. The van der Waals surface area contributed by atoms with Crippen LogP contribution in [0.15, 0.2) is 33.7 Å². The Morgan fingerprint density at radius 3 is 2.83 bits per heavy atom. The van der Waals surface area contributed by atoms with E-state index < -0.39 is 0 Å². The van der Waals surface area contributed by atoms with Gasteiger partial charge in [0.15, 0.2) is 0 Å². The summed E-state index contributed by atoms with van der Waals surface area (Å²) in [7, 11) is 0. The van der Waals surface area contributed by atoms with Gasteiger partial charge in [-0.15, -0.1) is 10.2 Å². The van der Waals surface area contributed by atoms with Gasteiger partial charge in [0.2, 0.25) is 12.3 Å². The molecule has 0 fully saturated rings. The van der Waals surface area contributed by atoms with Crippen molar-refractivity contribution in [3.63, 3.8) is 0 Å². The molecule has 0 atom stereocenters. The Hall–Kier alpha value is -1.23. The Morgan fingerprint density at radius 1 is 1.33 bits per heavy atom. The van der Waals surface area contributed by atoms with E-state index >= 15 is 0 Å². The topological polar surface area (TPSA) is 51.8 Å². The van der Waals surface area contributed by atoms with Gasteiger partial charge in [-0.1, -0.05) is 0 Å². The average molecular weight is 226 g/mol. The van der Waals surface area contributed by atoms with Gasteiger partial charge in [0.1, 0.15) is 4.60 Å². The molecule has 0 saturated carbocycles. The summed E-state index contributed by atoms with van der Waals surface area (Å²) in [6, 6.07) is 3.67. The third-order valence-corrected chi connectivity index (χ3v) is 1.80. The number of pyridine rings is 1. The zero-order valence-corrected chi connectivity index (χ0v) is 7.52. The molecule has 0 aromatic carbocycles. The first-order valence-corrected chi connectivity index (χ1v) is 4.03. The number of halogens is 1. The second-order valence-corrected chi connectivity index (χ2v) is 2.93. The average Bonchev–Trinajstić information content (AvgIpc) is 2.58. The molecule has 0 aliphatic rings. The quantitative estimate of drug-likeness (QED) is 0.696. The Kier molecular flexibility index (Phi) is 1.87. The number of rotatable bonds is 1. The van der Waals surface area contributed by atoms with Gasteiger partial charge >= 0.3 is 0 Å². The highest BCUT2D eigenvalue weighted by Crippen LogP contribution is 2.16. The van der Waals surface area contributed by atoms with Crippen LogP contribution in [0.4, 0.5) is 0 Å². The van der Waals surface area contributed by atoms with Crippen LogP contribution in [-0.2, 0) is 0 Å². The Morgan fingerprint density at radius 2 is 2.25 bits per heavy atom. The monoisotopic (exact) mass is 225 g/mol. The van der Waals surface area contributed by atoms with Gasteiger partial charge in [0, 0.05) is 6.20 Å². The molecule has 0 radical (unpaired) electrons. The number of nitrogens with zero attached hydrogens (tertiary/aromatic N) is 3. The summed E-state index contributed by atoms with van der Waals surface area (Å²) < 4.78 is 5.76. The van der Waals surface area contributed by atoms with Crippen LogP contribution in [0.25, 0.3) is 11.5 Å². The summed E-state index contributed by atoms with van der Waals surface area (Å²) in [4.78, 5) is 4.02. The van der Waals surface area contributed by atoms with Crippen LogP contribution in [-0.4, -0.2) is 15.2 Å². The lowest BCUT2D eigenvalue weighted by atomic mass is 10.3. The van der Waals surface area contributed by atoms with E-state index in [1.807, 2.05) is 12.1 Å². The number of hydrogen-bond donors (Lipinski definition) is 0. The lowest BCUT2D eigenvalue weighted by Gasteiger charge is -1.92. The van der Waals surface area contributed by atoms with E-state index in [1.54, 1.807) is 6.20 Å². The minimum Gasteiger partial charge on any atom is -0.423 e. The maximum Gasteiger partial charge on any atom is 0.248 e. The van der Waals surface area contributed by atoms with Crippen LogP contribution in [0.2, 0.25) is 0 Å². The maximum atomic E-state index is 4.98. The van der Waals surface area contributed by atoms with E-state index in [0.29, 0.717) is 5.89 Å². The smallest absolute Gasteiger partial charge is 0.248 e. The molecule has 2 heterocycles. The van der Waals surface area contributed by atoms with Crippen molar-refractivity contribution in [2.24, 2.45) is 0 Å². The molecule has 0 spiro atoms. The summed E-state index contributed by atoms with van der Waals surface area (Å²) in [6.07, 6.45) is 2.95. The van der Waals surface area contributed by atoms with E-state index in [-0.39, 0.29) is 0 Å². The SMILES string of the molecule is Brc1ccc(-c2nnco2)cn1. The lowest BCUT2D eigenvalue weighted by Crippen LogP contribution is -1.80. The summed E-state index contributed by atoms with van der Waals surface area (Å²) in [5, 5.41) is 7.31. The molecule has 2 aromatic heterocycles. The van der Waals surface area contributed by atoms with Crippen LogP contribution < -0.4 is 0 Å². The summed E-state index contributed by atoms with van der Waals surface area (Å²) in [5.74, 6) is 0.481. The van der Waals surface area contributed by atoms with Crippen molar-refractivity contribution in [2.75, 3.05) is 0 Å². The first kappa shape index (κ1) is 7.42. The highest BCUT2D eigenvalue weighted by Gasteiger charge is 2.02. The number of aromatic nitrogens is 3. The van der Waals surface area contributed by atoms with Crippen molar-refractivity contribution in [1.82, 2.24) is 15.2 Å². The number of hydrogen-bond acceptors (Lipinski definition) is 4. The van der Waals surface area contributed by atoms with Crippen molar-refractivity contribution in [2.45, 2.75) is 0 Å². The molecular formula is C7H4BrN3O. The molecule has 60 valence electrons. The van der Waals surface area contributed by atoms with Gasteiger partial charge in [-0.05, 0) is 28.1 Å². The first-order valence-electron chi connectivity index (χ1n) is 3.24. The minimum atomic E-state index is 0.481. The highest BCUT2D eigenvalue weighted by atomic mass is 79.9. The second-order valence-electron chi connectivity index (χ2n) is 2.11. The fourth-order valence-electron chi connectivity index (χ4n) is 0.801. The fourth-order valence-corrected chi connectivity index (χ4v) is 1.04. The molecule has 0 unspecified atom stereocenters. The molecule has 12 heavy (non-hydrogen) atoms. The van der Waals surface area contributed by atoms with Gasteiger partial charge in [-0.25, -0.2) is 4.98 Å². The lowest BCUT2D eigenvalue weighted by molar-refractivity contribution is 0.568. The van der Waals surface area contributed by atoms with Crippen LogP contribution >= 0.6 is 15.9 Å². The van der Waals surface area contributed by atoms with Gasteiger partial charge in [0.05, 0.1) is 5.56 Å². The zero-order chi connectivity index (χ0) is 8.39. The highest BCUT2D eigenvalue weighted by molar-refractivity contribution is 9.10. The van der Waals surface area contributed by atoms with Crippen LogP contribution in [0.3, 0.4) is 0 Å². The largest absolute Gasteiger partial charge is 0.423 e. The van der Waals surface area contributed by atoms with Crippen molar-refractivity contribution in [3.05, 3.63) is 29.3 Å². The third-order valence-electron chi connectivity index (χ3n) is 1.33. The van der Waals surface area contributed by atoms with Crippen molar-refractivity contribution in [3.8, 4) is 11.5 Å². The molecule has 0 amide bonds. The maximum absolute atomic E-state index is 4.98. The van der Waals surface area contributed by atoms with Gasteiger partial charge in [-0.3, -0.25) is 0 Å². The van der Waals surface area contributed by atoms with Gasteiger partial charge < -0.3 is 4.42 Å². The van der Waals surface area contributed by atoms with E-state index in [9.17, 15) is 0 Å². The van der Waals surface area contributed by atoms with E-state index in [2.05, 4.69) is 31.1 Å². The van der Waals surface area contributed by atoms with E-state index in [1.165, 1.54) is 6.39 Å². The molecule has 0 N–H and O–H groups in total. The zero-order valence-electron chi connectivity index (χ0n) is 5.94. The first-order chi connectivity index (χ1) is 5.86.